The normalized spacial score (nSPS) is 12.4. The highest BCUT2D eigenvalue weighted by atomic mass is 32.2. The number of hydrogen-bond acceptors (Lipinski definition) is 5. The van der Waals surface area contributed by atoms with Crippen LogP contribution >= 0.6 is 11.8 Å². The smallest absolute Gasteiger partial charge is 0.234 e. The fourth-order valence-corrected chi connectivity index (χ4v) is 3.95. The van der Waals surface area contributed by atoms with E-state index in [2.05, 4.69) is 37.4 Å². The number of nitrogens with zero attached hydrogens (tertiary/aromatic N) is 1. The van der Waals surface area contributed by atoms with Crippen LogP contribution in [-0.4, -0.2) is 23.4 Å². The van der Waals surface area contributed by atoms with Gasteiger partial charge in [0, 0.05) is 17.1 Å². The minimum absolute atomic E-state index is 0.0828. The minimum Gasteiger partial charge on any atom is -0.454 e. The molecule has 27 heavy (non-hydrogen) atoms. The summed E-state index contributed by atoms with van der Waals surface area (Å²) in [5.74, 6) is 1.56. The zero-order valence-corrected chi connectivity index (χ0v) is 16.3. The van der Waals surface area contributed by atoms with E-state index >= 15 is 0 Å². The van der Waals surface area contributed by atoms with Gasteiger partial charge in [0.05, 0.1) is 11.3 Å². The van der Waals surface area contributed by atoms with Crippen LogP contribution in [0, 0.1) is 20.8 Å². The Kier molecular flexibility index (Phi) is 4.66. The molecule has 1 N–H and O–H groups in total. The quantitative estimate of drug-likeness (QED) is 0.669. The Hall–Kier alpha value is -2.73. The third-order valence-electron chi connectivity index (χ3n) is 4.43. The number of thioether (sulfide) groups is 1. The predicted octanol–water partition coefficient (Wildman–Crippen LogP) is 4.62. The van der Waals surface area contributed by atoms with Crippen molar-refractivity contribution in [2.24, 2.45) is 0 Å². The predicted molar refractivity (Wildman–Crippen MR) is 108 cm³/mol. The number of ether oxygens (including phenoxy) is 2. The van der Waals surface area contributed by atoms with Crippen molar-refractivity contribution in [2.75, 3.05) is 17.9 Å². The molecule has 0 spiro atoms. The number of hydrogen-bond donors (Lipinski definition) is 1. The number of aromatic nitrogens is 1. The van der Waals surface area contributed by atoms with E-state index in [4.69, 9.17) is 14.5 Å². The van der Waals surface area contributed by atoms with Gasteiger partial charge in [-0.05, 0) is 61.7 Å². The summed E-state index contributed by atoms with van der Waals surface area (Å²) in [5, 5.41) is 4.94. The topological polar surface area (TPSA) is 60.5 Å². The van der Waals surface area contributed by atoms with Crippen LogP contribution in [0.2, 0.25) is 0 Å². The van der Waals surface area contributed by atoms with Gasteiger partial charge in [0.1, 0.15) is 5.03 Å². The van der Waals surface area contributed by atoms with E-state index in [0.29, 0.717) is 22.9 Å². The van der Waals surface area contributed by atoms with Crippen LogP contribution in [0.1, 0.15) is 16.7 Å². The maximum absolute atomic E-state index is 12.3. The number of nitrogens with one attached hydrogen (secondary N) is 1. The molecule has 5 nitrogen and oxygen atoms in total. The van der Waals surface area contributed by atoms with Crippen molar-refractivity contribution in [3.05, 3.63) is 53.1 Å². The highest BCUT2D eigenvalue weighted by Gasteiger charge is 2.15. The van der Waals surface area contributed by atoms with Gasteiger partial charge in [-0.1, -0.05) is 17.8 Å². The van der Waals surface area contributed by atoms with Gasteiger partial charge in [-0.3, -0.25) is 4.79 Å². The van der Waals surface area contributed by atoms with Crippen molar-refractivity contribution in [3.63, 3.8) is 0 Å². The first-order chi connectivity index (χ1) is 13.0. The number of amides is 1. The van der Waals surface area contributed by atoms with Gasteiger partial charge in [-0.25, -0.2) is 4.98 Å². The minimum atomic E-state index is -0.0828. The summed E-state index contributed by atoms with van der Waals surface area (Å²) < 4.78 is 10.6. The van der Waals surface area contributed by atoms with Gasteiger partial charge in [-0.2, -0.15) is 0 Å². The number of carbonyl (C=O) groups excluding carboxylic acids is 1. The van der Waals surface area contributed by atoms with Crippen molar-refractivity contribution < 1.29 is 14.3 Å². The van der Waals surface area contributed by atoms with Crippen molar-refractivity contribution in [2.45, 2.75) is 25.8 Å². The molecular weight excluding hydrogens is 360 g/mol. The molecule has 0 fully saturated rings. The second-order valence-corrected chi connectivity index (χ2v) is 7.63. The lowest BCUT2D eigenvalue weighted by atomic mass is 10.1. The van der Waals surface area contributed by atoms with E-state index in [0.717, 1.165) is 21.5 Å². The molecular formula is C21H20N2O3S. The van der Waals surface area contributed by atoms with Gasteiger partial charge in [0.2, 0.25) is 12.7 Å². The van der Waals surface area contributed by atoms with Gasteiger partial charge in [0.15, 0.2) is 11.5 Å². The highest BCUT2D eigenvalue weighted by Crippen LogP contribution is 2.34. The second kappa shape index (κ2) is 7.12. The first-order valence-corrected chi connectivity index (χ1v) is 9.69. The van der Waals surface area contributed by atoms with Crippen molar-refractivity contribution in [1.29, 1.82) is 0 Å². The standard InChI is InChI=1S/C21H20N2O3S/c1-12-6-13(2)16-8-14(3)21(23-17(16)7-12)27-10-20(24)22-15-4-5-18-19(9-15)26-11-25-18/h4-9H,10-11H2,1-3H3,(H,22,24). The molecule has 2 heterocycles. The Labute approximate surface area is 162 Å². The Morgan fingerprint density at radius 1 is 1.07 bits per heavy atom. The van der Waals surface area contributed by atoms with E-state index in [1.807, 2.05) is 6.92 Å². The average molecular weight is 380 g/mol. The molecule has 0 bridgehead atoms. The molecule has 1 aromatic heterocycles. The molecule has 1 aliphatic heterocycles. The molecule has 0 saturated carbocycles. The maximum atomic E-state index is 12.3. The average Bonchev–Trinajstić information content (AvgIpc) is 3.08. The monoisotopic (exact) mass is 380 g/mol. The molecule has 0 atom stereocenters. The number of anilines is 1. The molecule has 2 aromatic carbocycles. The van der Waals surface area contributed by atoms with Crippen LogP contribution in [0.15, 0.2) is 41.4 Å². The molecule has 0 saturated heterocycles. The summed E-state index contributed by atoms with van der Waals surface area (Å²) >= 11 is 1.45. The van der Waals surface area contributed by atoms with Gasteiger partial charge in [0.25, 0.3) is 0 Å². The molecule has 1 aliphatic rings. The first kappa shape index (κ1) is 17.7. The lowest BCUT2D eigenvalue weighted by molar-refractivity contribution is -0.113. The molecule has 4 rings (SSSR count). The third-order valence-corrected chi connectivity index (χ3v) is 5.52. The summed E-state index contributed by atoms with van der Waals surface area (Å²) in [4.78, 5) is 17.1. The number of benzene rings is 2. The summed E-state index contributed by atoms with van der Waals surface area (Å²) in [6.45, 7) is 6.42. The highest BCUT2D eigenvalue weighted by molar-refractivity contribution is 8.00. The maximum Gasteiger partial charge on any atom is 0.234 e. The van der Waals surface area contributed by atoms with Crippen molar-refractivity contribution >= 4 is 34.3 Å². The van der Waals surface area contributed by atoms with E-state index in [1.54, 1.807) is 18.2 Å². The number of fused-ring (bicyclic) bond motifs is 2. The van der Waals surface area contributed by atoms with Gasteiger partial charge < -0.3 is 14.8 Å². The number of rotatable bonds is 4. The first-order valence-electron chi connectivity index (χ1n) is 8.70. The zero-order valence-electron chi connectivity index (χ0n) is 15.5. The fourth-order valence-electron chi connectivity index (χ4n) is 3.16. The molecule has 1 amide bonds. The van der Waals surface area contributed by atoms with Crippen molar-refractivity contribution in [1.82, 2.24) is 4.98 Å². The summed E-state index contributed by atoms with van der Waals surface area (Å²) in [6.07, 6.45) is 0. The number of carbonyl (C=O) groups is 1. The SMILES string of the molecule is Cc1cc(C)c2cc(C)c(SCC(=O)Nc3ccc4c(c3)OCO4)nc2c1. The van der Waals surface area contributed by atoms with Crippen LogP contribution < -0.4 is 14.8 Å². The molecule has 138 valence electrons. The summed E-state index contributed by atoms with van der Waals surface area (Å²) in [7, 11) is 0. The lowest BCUT2D eigenvalue weighted by Gasteiger charge is -2.10. The lowest BCUT2D eigenvalue weighted by Crippen LogP contribution is -2.14. The zero-order chi connectivity index (χ0) is 19.0. The largest absolute Gasteiger partial charge is 0.454 e. The third kappa shape index (κ3) is 3.71. The van der Waals surface area contributed by atoms with Gasteiger partial charge in [-0.15, -0.1) is 0 Å². The number of pyridine rings is 1. The second-order valence-electron chi connectivity index (χ2n) is 6.66. The Balaban J connectivity index is 1.46. The molecule has 6 heteroatoms. The Bertz CT molecular complexity index is 1050. The Morgan fingerprint density at radius 3 is 2.74 bits per heavy atom. The molecule has 0 aliphatic carbocycles. The molecule has 0 radical (unpaired) electrons. The van der Waals surface area contributed by atoms with Crippen LogP contribution in [0.4, 0.5) is 5.69 Å². The fraction of sp³-hybridized carbons (Fsp3) is 0.238. The summed E-state index contributed by atoms with van der Waals surface area (Å²) in [5.41, 5.74) is 5.15. The van der Waals surface area contributed by atoms with E-state index in [-0.39, 0.29) is 12.7 Å². The molecule has 0 unspecified atom stereocenters. The van der Waals surface area contributed by atoms with Crippen LogP contribution in [0.3, 0.4) is 0 Å². The van der Waals surface area contributed by atoms with Crippen LogP contribution in [0.25, 0.3) is 10.9 Å². The van der Waals surface area contributed by atoms with Crippen molar-refractivity contribution in [3.8, 4) is 11.5 Å². The number of aryl methyl sites for hydroxylation is 3. The van der Waals surface area contributed by atoms with E-state index in [9.17, 15) is 4.79 Å². The summed E-state index contributed by atoms with van der Waals surface area (Å²) in [6, 6.07) is 11.8. The van der Waals surface area contributed by atoms with E-state index in [1.165, 1.54) is 22.9 Å². The van der Waals surface area contributed by atoms with Crippen LogP contribution in [-0.2, 0) is 4.79 Å². The molecule has 3 aromatic rings. The van der Waals surface area contributed by atoms with Gasteiger partial charge >= 0.3 is 0 Å². The Morgan fingerprint density at radius 2 is 1.89 bits per heavy atom. The van der Waals surface area contributed by atoms with E-state index < -0.39 is 0 Å². The van der Waals surface area contributed by atoms with Crippen LogP contribution in [0.5, 0.6) is 11.5 Å².